The Labute approximate surface area is 124 Å². The van der Waals surface area contributed by atoms with E-state index in [1.807, 2.05) is 7.05 Å². The summed E-state index contributed by atoms with van der Waals surface area (Å²) in [6.07, 6.45) is 2.45. The molecule has 0 spiro atoms. The van der Waals surface area contributed by atoms with Gasteiger partial charge in [-0.05, 0) is 32.0 Å². The summed E-state index contributed by atoms with van der Waals surface area (Å²) in [6, 6.07) is 5.46. The van der Waals surface area contributed by atoms with Crippen LogP contribution in [0, 0.1) is 5.82 Å². The molecule has 1 aliphatic heterocycles. The fourth-order valence-electron chi connectivity index (χ4n) is 2.78. The zero-order chi connectivity index (χ0) is 14.1. The van der Waals surface area contributed by atoms with E-state index in [-0.39, 0.29) is 18.0 Å². The molecular formula is C15H20ClFN2O. The van der Waals surface area contributed by atoms with Crippen LogP contribution in [0.4, 0.5) is 4.39 Å². The topological polar surface area (TPSA) is 24.5 Å². The number of halogens is 2. The number of ether oxygens (including phenoxy) is 1. The maximum atomic E-state index is 14.2. The van der Waals surface area contributed by atoms with Gasteiger partial charge in [-0.3, -0.25) is 4.90 Å². The van der Waals surface area contributed by atoms with Gasteiger partial charge >= 0.3 is 0 Å². The van der Waals surface area contributed by atoms with Crippen LogP contribution in [0.1, 0.15) is 24.4 Å². The summed E-state index contributed by atoms with van der Waals surface area (Å²) in [5.74, 6) is -0.253. The number of nitrogens with one attached hydrogen (secondary N) is 1. The third kappa shape index (κ3) is 3.14. The average molecular weight is 299 g/mol. The van der Waals surface area contributed by atoms with Gasteiger partial charge in [0.1, 0.15) is 5.82 Å². The average Bonchev–Trinajstić information content (AvgIpc) is 3.22. The van der Waals surface area contributed by atoms with Crippen LogP contribution in [-0.2, 0) is 4.74 Å². The second-order valence-corrected chi connectivity index (χ2v) is 6.12. The van der Waals surface area contributed by atoms with E-state index in [1.165, 1.54) is 18.9 Å². The molecule has 3 rings (SSSR count). The molecule has 110 valence electrons. The minimum absolute atomic E-state index is 0.0231. The zero-order valence-electron chi connectivity index (χ0n) is 11.6. The highest BCUT2D eigenvalue weighted by molar-refractivity contribution is 6.30. The Kier molecular flexibility index (Phi) is 4.26. The van der Waals surface area contributed by atoms with E-state index in [1.54, 1.807) is 12.1 Å². The molecule has 1 saturated heterocycles. The van der Waals surface area contributed by atoms with Gasteiger partial charge < -0.3 is 10.1 Å². The molecule has 1 heterocycles. The van der Waals surface area contributed by atoms with Crippen LogP contribution < -0.4 is 5.32 Å². The SMILES string of the molecule is CN1CCOC(CNC2CC2)C1c1ccc(Cl)cc1F. The van der Waals surface area contributed by atoms with Crippen LogP contribution in [0.15, 0.2) is 18.2 Å². The Morgan fingerprint density at radius 3 is 2.95 bits per heavy atom. The highest BCUT2D eigenvalue weighted by Gasteiger charge is 2.34. The van der Waals surface area contributed by atoms with E-state index in [9.17, 15) is 4.39 Å². The van der Waals surface area contributed by atoms with Gasteiger partial charge in [0.15, 0.2) is 0 Å². The van der Waals surface area contributed by atoms with Crippen LogP contribution in [0.2, 0.25) is 5.02 Å². The highest BCUT2D eigenvalue weighted by atomic mass is 35.5. The second kappa shape index (κ2) is 5.98. The zero-order valence-corrected chi connectivity index (χ0v) is 12.4. The van der Waals surface area contributed by atoms with Crippen molar-refractivity contribution < 1.29 is 9.13 Å². The number of hydrogen-bond donors (Lipinski definition) is 1. The normalized spacial score (nSPS) is 27.8. The molecule has 0 bridgehead atoms. The lowest BCUT2D eigenvalue weighted by atomic mass is 9.97. The molecule has 3 nitrogen and oxygen atoms in total. The largest absolute Gasteiger partial charge is 0.374 e. The van der Waals surface area contributed by atoms with Crippen molar-refractivity contribution in [2.45, 2.75) is 31.0 Å². The smallest absolute Gasteiger partial charge is 0.129 e. The van der Waals surface area contributed by atoms with Gasteiger partial charge in [0.05, 0.1) is 18.8 Å². The molecule has 1 saturated carbocycles. The molecule has 1 aromatic rings. The molecule has 2 atom stereocenters. The molecule has 0 aromatic heterocycles. The van der Waals surface area contributed by atoms with Gasteiger partial charge in [-0.1, -0.05) is 17.7 Å². The summed E-state index contributed by atoms with van der Waals surface area (Å²) in [5, 5.41) is 3.91. The summed E-state index contributed by atoms with van der Waals surface area (Å²) in [5.41, 5.74) is 0.666. The van der Waals surface area contributed by atoms with E-state index >= 15 is 0 Å². The summed E-state index contributed by atoms with van der Waals surface area (Å²) in [6.45, 7) is 2.27. The Morgan fingerprint density at radius 1 is 1.45 bits per heavy atom. The van der Waals surface area contributed by atoms with Crippen molar-refractivity contribution in [1.29, 1.82) is 0 Å². The van der Waals surface area contributed by atoms with E-state index in [4.69, 9.17) is 16.3 Å². The Hall–Kier alpha value is -0.680. The van der Waals surface area contributed by atoms with Gasteiger partial charge in [-0.25, -0.2) is 4.39 Å². The van der Waals surface area contributed by atoms with Gasteiger partial charge in [0, 0.05) is 29.7 Å². The highest BCUT2D eigenvalue weighted by Crippen LogP contribution is 2.31. The van der Waals surface area contributed by atoms with Gasteiger partial charge in [-0.15, -0.1) is 0 Å². The summed E-state index contributed by atoms with van der Waals surface area (Å²) in [7, 11) is 2.02. The third-order valence-electron chi connectivity index (χ3n) is 4.07. The van der Waals surface area contributed by atoms with Gasteiger partial charge in [-0.2, -0.15) is 0 Å². The van der Waals surface area contributed by atoms with Crippen molar-refractivity contribution in [3.05, 3.63) is 34.6 Å². The van der Waals surface area contributed by atoms with E-state index in [0.717, 1.165) is 13.1 Å². The van der Waals surface area contributed by atoms with Crippen molar-refractivity contribution in [3.8, 4) is 0 Å². The molecular weight excluding hydrogens is 279 g/mol. The van der Waals surface area contributed by atoms with Crippen LogP contribution in [0.3, 0.4) is 0 Å². The maximum Gasteiger partial charge on any atom is 0.129 e. The van der Waals surface area contributed by atoms with Crippen LogP contribution >= 0.6 is 11.6 Å². The van der Waals surface area contributed by atoms with Crippen molar-refractivity contribution in [2.24, 2.45) is 0 Å². The molecule has 2 unspecified atom stereocenters. The molecule has 1 aliphatic carbocycles. The Bertz CT molecular complexity index is 481. The quantitative estimate of drug-likeness (QED) is 0.925. The standard InChI is InChI=1S/C15H20ClFN2O/c1-19-6-7-20-14(9-18-11-3-4-11)15(19)12-5-2-10(16)8-13(12)17/h2,5,8,11,14-15,18H,3-4,6-7,9H2,1H3. The van der Waals surface area contributed by atoms with Crippen molar-refractivity contribution >= 4 is 11.6 Å². The third-order valence-corrected chi connectivity index (χ3v) is 4.30. The van der Waals surface area contributed by atoms with Gasteiger partial charge in [0.25, 0.3) is 0 Å². The predicted molar refractivity (Wildman–Crippen MR) is 77.5 cm³/mol. The summed E-state index contributed by atoms with van der Waals surface area (Å²) < 4.78 is 20.1. The first-order valence-corrected chi connectivity index (χ1v) is 7.53. The Morgan fingerprint density at radius 2 is 2.25 bits per heavy atom. The Balaban J connectivity index is 1.80. The van der Waals surface area contributed by atoms with Crippen molar-refractivity contribution in [1.82, 2.24) is 10.2 Å². The molecule has 0 radical (unpaired) electrons. The van der Waals surface area contributed by atoms with E-state index in [2.05, 4.69) is 10.2 Å². The number of nitrogens with zero attached hydrogens (tertiary/aromatic N) is 1. The number of benzene rings is 1. The lowest BCUT2D eigenvalue weighted by Crippen LogP contribution is -2.48. The molecule has 5 heteroatoms. The first-order valence-electron chi connectivity index (χ1n) is 7.15. The van der Waals surface area contributed by atoms with E-state index < -0.39 is 0 Å². The summed E-state index contributed by atoms with van der Waals surface area (Å²) >= 11 is 5.84. The fraction of sp³-hybridized carbons (Fsp3) is 0.600. The molecule has 20 heavy (non-hydrogen) atoms. The summed E-state index contributed by atoms with van der Waals surface area (Å²) in [4.78, 5) is 2.16. The predicted octanol–water partition coefficient (Wildman–Crippen LogP) is 2.60. The minimum atomic E-state index is -0.253. The van der Waals surface area contributed by atoms with Crippen molar-refractivity contribution in [3.63, 3.8) is 0 Å². The van der Waals surface area contributed by atoms with Crippen LogP contribution in [0.25, 0.3) is 0 Å². The number of likely N-dealkylation sites (N-methyl/N-ethyl adjacent to an activating group) is 1. The molecule has 1 aromatic carbocycles. The molecule has 0 amide bonds. The molecule has 2 fully saturated rings. The number of rotatable bonds is 4. The number of hydrogen-bond acceptors (Lipinski definition) is 3. The second-order valence-electron chi connectivity index (χ2n) is 5.68. The first kappa shape index (κ1) is 14.3. The number of morpholine rings is 1. The van der Waals surface area contributed by atoms with Crippen LogP contribution in [0.5, 0.6) is 0 Å². The molecule has 1 N–H and O–H groups in total. The molecule has 2 aliphatic rings. The van der Waals surface area contributed by atoms with Crippen molar-refractivity contribution in [2.75, 3.05) is 26.7 Å². The lowest BCUT2D eigenvalue weighted by Gasteiger charge is -2.39. The first-order chi connectivity index (χ1) is 9.65. The van der Waals surface area contributed by atoms with Crippen LogP contribution in [-0.4, -0.2) is 43.8 Å². The maximum absolute atomic E-state index is 14.2. The minimum Gasteiger partial charge on any atom is -0.374 e. The fourth-order valence-corrected chi connectivity index (χ4v) is 2.94. The van der Waals surface area contributed by atoms with Gasteiger partial charge in [0.2, 0.25) is 0 Å². The lowest BCUT2D eigenvalue weighted by molar-refractivity contribution is -0.0625. The monoisotopic (exact) mass is 298 g/mol. The van der Waals surface area contributed by atoms with E-state index in [0.29, 0.717) is 23.2 Å².